The lowest BCUT2D eigenvalue weighted by atomic mass is 9.97. The summed E-state index contributed by atoms with van der Waals surface area (Å²) >= 11 is 0. The number of anilines is 3. The predicted molar refractivity (Wildman–Crippen MR) is 163 cm³/mol. The summed E-state index contributed by atoms with van der Waals surface area (Å²) in [4.78, 5) is 10.4. The molecule has 4 rings (SSSR count). The Morgan fingerprint density at radius 1 is 1.05 bits per heavy atom. The highest BCUT2D eigenvalue weighted by Crippen LogP contribution is 2.42. The minimum atomic E-state index is -4.10. The summed E-state index contributed by atoms with van der Waals surface area (Å²) in [7, 11) is -2.65. The van der Waals surface area contributed by atoms with E-state index >= 15 is 0 Å². The van der Waals surface area contributed by atoms with Gasteiger partial charge in [-0.1, -0.05) is 12.1 Å². The van der Waals surface area contributed by atoms with Crippen molar-refractivity contribution in [1.29, 1.82) is 0 Å². The second-order valence-corrected chi connectivity index (χ2v) is 12.3. The van der Waals surface area contributed by atoms with Gasteiger partial charge in [0.25, 0.3) is 0 Å². The van der Waals surface area contributed by atoms with Gasteiger partial charge in [0.2, 0.25) is 5.95 Å². The zero-order valence-electron chi connectivity index (χ0n) is 24.6. The van der Waals surface area contributed by atoms with Gasteiger partial charge in [0.05, 0.1) is 31.0 Å². The normalized spacial score (nSPS) is 14.6. The number of ether oxygens (including phenoxy) is 3. The number of benzene rings is 2. The number of morpholine rings is 1. The predicted octanol–water partition coefficient (Wildman–Crippen LogP) is 2.85. The minimum absolute atomic E-state index is 0.0622. The SMILES string of the molecule is CCOc1cc(Cc2cnc(N)nc2N)cc(OS(=O)(=O)CC(C)(C)OC)c1-c1ccc(CN2CCOCC2)c(N)c1. The molecule has 6 N–H and O–H groups in total. The lowest BCUT2D eigenvalue weighted by Gasteiger charge is -2.27. The second kappa shape index (κ2) is 13.1. The van der Waals surface area contributed by atoms with Gasteiger partial charge in [0.15, 0.2) is 5.75 Å². The van der Waals surface area contributed by atoms with Gasteiger partial charge in [-0.2, -0.15) is 13.4 Å². The molecule has 0 unspecified atom stereocenters. The highest BCUT2D eigenvalue weighted by atomic mass is 32.2. The molecule has 0 radical (unpaired) electrons. The molecule has 1 aromatic heterocycles. The van der Waals surface area contributed by atoms with E-state index < -0.39 is 15.7 Å². The molecule has 0 amide bonds. The van der Waals surface area contributed by atoms with Gasteiger partial charge in [-0.15, -0.1) is 0 Å². The van der Waals surface area contributed by atoms with E-state index in [4.69, 9.17) is 35.6 Å². The van der Waals surface area contributed by atoms with Gasteiger partial charge < -0.3 is 35.6 Å². The van der Waals surface area contributed by atoms with Crippen molar-refractivity contribution in [3.8, 4) is 22.6 Å². The Bertz CT molecular complexity index is 1510. The van der Waals surface area contributed by atoms with Gasteiger partial charge in [-0.25, -0.2) is 4.98 Å². The highest BCUT2D eigenvalue weighted by Gasteiger charge is 2.29. The van der Waals surface area contributed by atoms with Crippen molar-refractivity contribution in [2.24, 2.45) is 0 Å². The quantitative estimate of drug-likeness (QED) is 0.205. The standard InChI is InChI=1S/C29H40N6O6S/c1-5-40-24-13-19(12-22-16-33-28(32)34-27(22)31)14-25(41-42(36,37)18-29(2,3)38-4)26(24)20-6-7-21(23(30)15-20)17-35-8-10-39-11-9-35/h6-7,13-16H,5,8-12,17-18,30H2,1-4H3,(H4,31,32,33,34). The number of methoxy groups -OCH3 is 1. The second-order valence-electron chi connectivity index (χ2n) is 10.8. The Morgan fingerprint density at radius 3 is 2.40 bits per heavy atom. The fourth-order valence-corrected chi connectivity index (χ4v) is 6.13. The summed E-state index contributed by atoms with van der Waals surface area (Å²) in [6.07, 6.45) is 1.82. The van der Waals surface area contributed by atoms with E-state index in [2.05, 4.69) is 14.9 Å². The summed E-state index contributed by atoms with van der Waals surface area (Å²) in [5.74, 6) is 0.445. The number of hydrogen-bond donors (Lipinski definition) is 3. The Labute approximate surface area is 247 Å². The first-order valence-electron chi connectivity index (χ1n) is 13.7. The summed E-state index contributed by atoms with van der Waals surface area (Å²) in [5, 5.41) is 0. The first-order chi connectivity index (χ1) is 19.9. The van der Waals surface area contributed by atoms with Crippen LogP contribution in [0.15, 0.2) is 36.5 Å². The smallest absolute Gasteiger partial charge is 0.312 e. The first kappa shape index (κ1) is 31.3. The highest BCUT2D eigenvalue weighted by molar-refractivity contribution is 7.87. The number of rotatable bonds is 12. The monoisotopic (exact) mass is 600 g/mol. The van der Waals surface area contributed by atoms with Crippen LogP contribution in [-0.2, 0) is 32.6 Å². The van der Waals surface area contributed by atoms with Crippen LogP contribution in [0.1, 0.15) is 37.5 Å². The molecule has 13 heteroatoms. The van der Waals surface area contributed by atoms with Gasteiger partial charge in [-0.05, 0) is 55.7 Å². The van der Waals surface area contributed by atoms with Crippen molar-refractivity contribution < 1.29 is 26.8 Å². The van der Waals surface area contributed by atoms with Crippen LogP contribution in [0.5, 0.6) is 11.5 Å². The topological polar surface area (TPSA) is 178 Å². The van der Waals surface area contributed by atoms with Crippen LogP contribution in [0, 0.1) is 0 Å². The number of aromatic nitrogens is 2. The zero-order valence-corrected chi connectivity index (χ0v) is 25.4. The van der Waals surface area contributed by atoms with E-state index in [0.717, 1.165) is 18.7 Å². The van der Waals surface area contributed by atoms with E-state index in [9.17, 15) is 8.42 Å². The fourth-order valence-electron chi connectivity index (χ4n) is 4.70. The van der Waals surface area contributed by atoms with Crippen LogP contribution < -0.4 is 26.1 Å². The molecule has 1 saturated heterocycles. The van der Waals surface area contributed by atoms with Crippen LogP contribution in [0.3, 0.4) is 0 Å². The maximum atomic E-state index is 13.3. The molecule has 228 valence electrons. The van der Waals surface area contributed by atoms with Crippen molar-refractivity contribution in [1.82, 2.24) is 14.9 Å². The summed E-state index contributed by atoms with van der Waals surface area (Å²) in [6, 6.07) is 9.14. The van der Waals surface area contributed by atoms with Crippen molar-refractivity contribution in [2.75, 3.05) is 63.0 Å². The summed E-state index contributed by atoms with van der Waals surface area (Å²) < 4.78 is 49.2. The maximum Gasteiger partial charge on any atom is 0.312 e. The van der Waals surface area contributed by atoms with Crippen molar-refractivity contribution in [2.45, 2.75) is 39.3 Å². The van der Waals surface area contributed by atoms with Crippen LogP contribution >= 0.6 is 0 Å². The molecule has 2 aromatic carbocycles. The Kier molecular flexibility index (Phi) is 9.77. The van der Waals surface area contributed by atoms with Crippen LogP contribution in [0.25, 0.3) is 11.1 Å². The first-order valence-corrected chi connectivity index (χ1v) is 15.3. The molecule has 0 saturated carbocycles. The third kappa shape index (κ3) is 8.00. The summed E-state index contributed by atoms with van der Waals surface area (Å²) in [5.41, 5.74) is 21.2. The average molecular weight is 601 g/mol. The fraction of sp³-hybridized carbons (Fsp3) is 0.448. The molecule has 1 aliphatic heterocycles. The average Bonchev–Trinajstić information content (AvgIpc) is 2.91. The third-order valence-corrected chi connectivity index (χ3v) is 8.45. The zero-order chi connectivity index (χ0) is 30.5. The van der Waals surface area contributed by atoms with Crippen LogP contribution in [0.2, 0.25) is 0 Å². The molecule has 0 bridgehead atoms. The molecule has 0 spiro atoms. The molecule has 3 aromatic rings. The Hall–Kier alpha value is -3.65. The molecule has 1 fully saturated rings. The van der Waals surface area contributed by atoms with Crippen molar-refractivity contribution in [3.05, 3.63) is 53.2 Å². The molecule has 2 heterocycles. The lowest BCUT2D eigenvalue weighted by molar-refractivity contribution is 0.0343. The van der Waals surface area contributed by atoms with E-state index in [1.54, 1.807) is 19.9 Å². The molecule has 0 aliphatic carbocycles. The maximum absolute atomic E-state index is 13.3. The van der Waals surface area contributed by atoms with Crippen LogP contribution in [0.4, 0.5) is 17.5 Å². The van der Waals surface area contributed by atoms with Gasteiger partial charge >= 0.3 is 10.1 Å². The number of nitrogens with zero attached hydrogens (tertiary/aromatic N) is 3. The Morgan fingerprint density at radius 2 is 1.76 bits per heavy atom. The lowest BCUT2D eigenvalue weighted by Crippen LogP contribution is -2.35. The number of nitrogen functional groups attached to an aromatic ring is 3. The molecular weight excluding hydrogens is 560 g/mol. The van der Waals surface area contributed by atoms with Crippen molar-refractivity contribution >= 4 is 27.6 Å². The third-order valence-electron chi connectivity index (χ3n) is 6.96. The molecule has 42 heavy (non-hydrogen) atoms. The number of nitrogens with two attached hydrogens (primary N) is 3. The molecule has 0 atom stereocenters. The summed E-state index contributed by atoms with van der Waals surface area (Å²) in [6.45, 7) is 9.24. The van der Waals surface area contributed by atoms with E-state index in [-0.39, 0.29) is 29.7 Å². The number of hydrogen-bond acceptors (Lipinski definition) is 12. The van der Waals surface area contributed by atoms with Crippen LogP contribution in [-0.4, -0.2) is 74.7 Å². The molecular formula is C29H40N6O6S. The Balaban J connectivity index is 1.79. The van der Waals surface area contributed by atoms with E-state index in [0.29, 0.717) is 60.1 Å². The minimum Gasteiger partial charge on any atom is -0.493 e. The van der Waals surface area contributed by atoms with E-state index in [1.165, 1.54) is 13.3 Å². The van der Waals surface area contributed by atoms with Gasteiger partial charge in [0.1, 0.15) is 17.3 Å². The van der Waals surface area contributed by atoms with Gasteiger partial charge in [0, 0.05) is 50.6 Å². The molecule has 12 nitrogen and oxygen atoms in total. The van der Waals surface area contributed by atoms with Crippen molar-refractivity contribution in [3.63, 3.8) is 0 Å². The van der Waals surface area contributed by atoms with Gasteiger partial charge in [-0.3, -0.25) is 4.90 Å². The largest absolute Gasteiger partial charge is 0.493 e. The van der Waals surface area contributed by atoms with E-state index in [1.807, 2.05) is 31.2 Å². The molecule has 1 aliphatic rings.